The van der Waals surface area contributed by atoms with E-state index in [4.69, 9.17) is 20.2 Å². The smallest absolute Gasteiger partial charge is 0.254 e. The summed E-state index contributed by atoms with van der Waals surface area (Å²) < 4.78 is 15.8. The largest absolute Gasteiger partial charge is 0.494 e. The van der Waals surface area contributed by atoms with Gasteiger partial charge < -0.3 is 29.2 Å². The lowest BCUT2D eigenvalue weighted by atomic mass is 10.1. The average molecular weight is 501 g/mol. The van der Waals surface area contributed by atoms with Crippen LogP contribution in [0.3, 0.4) is 0 Å². The number of carbonyl (C=O) groups excluding carboxylic acids is 1. The first-order valence-electron chi connectivity index (χ1n) is 13.1. The normalized spacial score (nSPS) is 25.0. The van der Waals surface area contributed by atoms with Gasteiger partial charge in [-0.3, -0.25) is 4.79 Å². The summed E-state index contributed by atoms with van der Waals surface area (Å²) in [6, 6.07) is 9.78. The molecule has 2 bridgehead atoms. The van der Waals surface area contributed by atoms with Crippen LogP contribution < -0.4 is 10.5 Å². The van der Waals surface area contributed by atoms with Crippen molar-refractivity contribution in [1.82, 2.24) is 24.0 Å². The Hall–Kier alpha value is -3.43. The highest BCUT2D eigenvalue weighted by Crippen LogP contribution is 2.41. The topological polar surface area (TPSA) is 100 Å². The van der Waals surface area contributed by atoms with Crippen molar-refractivity contribution in [2.24, 2.45) is 24.6 Å². The molecule has 3 aromatic heterocycles. The second-order valence-corrected chi connectivity index (χ2v) is 10.8. The highest BCUT2D eigenvalue weighted by atomic mass is 16.5. The van der Waals surface area contributed by atoms with Crippen molar-refractivity contribution in [2.45, 2.75) is 44.0 Å². The number of piperidine rings is 1. The minimum absolute atomic E-state index is 0.0215. The number of rotatable bonds is 6. The van der Waals surface area contributed by atoms with Crippen molar-refractivity contribution in [3.8, 4) is 17.3 Å². The molecule has 1 saturated heterocycles. The maximum atomic E-state index is 13.7. The van der Waals surface area contributed by atoms with Gasteiger partial charge in [0.05, 0.1) is 30.5 Å². The number of pyridine rings is 1. The third kappa shape index (κ3) is 3.40. The molecule has 2 N–H and O–H groups in total. The summed E-state index contributed by atoms with van der Waals surface area (Å²) in [5.41, 5.74) is 10.6. The van der Waals surface area contributed by atoms with E-state index in [0.717, 1.165) is 46.6 Å². The molecule has 2 saturated carbocycles. The lowest BCUT2D eigenvalue weighted by molar-refractivity contribution is 0.0173. The molecular formula is C28H32N6O3. The first kappa shape index (κ1) is 22.7. The van der Waals surface area contributed by atoms with E-state index in [-0.39, 0.29) is 30.0 Å². The molecule has 4 atom stereocenters. The van der Waals surface area contributed by atoms with Gasteiger partial charge in [0.1, 0.15) is 16.9 Å². The van der Waals surface area contributed by atoms with Crippen molar-refractivity contribution >= 4 is 28.0 Å². The van der Waals surface area contributed by atoms with Gasteiger partial charge >= 0.3 is 0 Å². The number of amides is 1. The molecule has 2 aliphatic carbocycles. The Labute approximate surface area is 215 Å². The lowest BCUT2D eigenvalue weighted by Gasteiger charge is -2.32. The predicted molar refractivity (Wildman–Crippen MR) is 140 cm³/mol. The summed E-state index contributed by atoms with van der Waals surface area (Å²) in [6.45, 7) is 1.59. The van der Waals surface area contributed by atoms with Crippen LogP contribution in [0.2, 0.25) is 0 Å². The van der Waals surface area contributed by atoms with Crippen LogP contribution in [0.1, 0.15) is 29.6 Å². The maximum absolute atomic E-state index is 13.7. The fourth-order valence-corrected chi connectivity index (χ4v) is 6.55. The molecule has 1 aromatic carbocycles. The third-order valence-electron chi connectivity index (χ3n) is 8.63. The molecule has 4 heterocycles. The van der Waals surface area contributed by atoms with E-state index >= 15 is 0 Å². The van der Waals surface area contributed by atoms with E-state index < -0.39 is 0 Å². The van der Waals surface area contributed by atoms with Crippen LogP contribution in [0, 0.1) is 11.8 Å². The second kappa shape index (κ2) is 8.29. The number of nitrogens with zero attached hydrogens (tertiary/aromatic N) is 5. The van der Waals surface area contributed by atoms with E-state index in [0.29, 0.717) is 23.8 Å². The number of hydrogen-bond donors (Lipinski definition) is 1. The monoisotopic (exact) mass is 500 g/mol. The van der Waals surface area contributed by atoms with Crippen LogP contribution in [0.5, 0.6) is 5.75 Å². The van der Waals surface area contributed by atoms with Crippen LogP contribution in [0.15, 0.2) is 36.5 Å². The van der Waals surface area contributed by atoms with Crippen LogP contribution in [0.25, 0.3) is 33.6 Å². The summed E-state index contributed by atoms with van der Waals surface area (Å²) in [5, 5.41) is 1.10. The van der Waals surface area contributed by atoms with Crippen LogP contribution in [-0.2, 0) is 18.3 Å². The number of methoxy groups -OCH3 is 2. The van der Waals surface area contributed by atoms with Crippen molar-refractivity contribution in [3.63, 3.8) is 0 Å². The third-order valence-corrected chi connectivity index (χ3v) is 8.63. The molecule has 9 heteroatoms. The minimum atomic E-state index is -0.103. The van der Waals surface area contributed by atoms with E-state index in [1.807, 2.05) is 36.3 Å². The fraction of sp³-hybridized carbons (Fsp3) is 0.464. The summed E-state index contributed by atoms with van der Waals surface area (Å²) in [7, 11) is 5.34. The predicted octanol–water partition coefficient (Wildman–Crippen LogP) is 3.20. The Morgan fingerprint density at radius 2 is 2.05 bits per heavy atom. The zero-order valence-corrected chi connectivity index (χ0v) is 21.4. The zero-order valence-electron chi connectivity index (χ0n) is 21.4. The van der Waals surface area contributed by atoms with Crippen molar-refractivity contribution in [3.05, 3.63) is 42.1 Å². The van der Waals surface area contributed by atoms with Gasteiger partial charge in [-0.25, -0.2) is 9.97 Å². The van der Waals surface area contributed by atoms with E-state index in [2.05, 4.69) is 26.3 Å². The van der Waals surface area contributed by atoms with E-state index in [9.17, 15) is 4.79 Å². The van der Waals surface area contributed by atoms with Gasteiger partial charge in [0.15, 0.2) is 5.82 Å². The number of aryl methyl sites for hydroxylation is 1. The minimum Gasteiger partial charge on any atom is -0.494 e. The Bertz CT molecular complexity index is 1540. The Morgan fingerprint density at radius 3 is 2.78 bits per heavy atom. The van der Waals surface area contributed by atoms with E-state index in [1.165, 1.54) is 12.8 Å². The number of benzene rings is 1. The van der Waals surface area contributed by atoms with Gasteiger partial charge in [0.2, 0.25) is 0 Å². The van der Waals surface area contributed by atoms with Gasteiger partial charge in [-0.2, -0.15) is 0 Å². The summed E-state index contributed by atoms with van der Waals surface area (Å²) in [5.74, 6) is 2.36. The summed E-state index contributed by atoms with van der Waals surface area (Å²) in [4.78, 5) is 25.3. The van der Waals surface area contributed by atoms with Crippen molar-refractivity contribution in [1.29, 1.82) is 0 Å². The molecule has 9 nitrogen and oxygen atoms in total. The summed E-state index contributed by atoms with van der Waals surface area (Å²) >= 11 is 0. The molecular weight excluding hydrogens is 468 g/mol. The highest BCUT2D eigenvalue weighted by molar-refractivity contribution is 6.00. The molecule has 3 aliphatic rings. The molecule has 192 valence electrons. The first-order valence-corrected chi connectivity index (χ1v) is 13.1. The van der Waals surface area contributed by atoms with E-state index in [1.54, 1.807) is 14.2 Å². The molecule has 1 amide bonds. The van der Waals surface area contributed by atoms with Gasteiger partial charge in [-0.15, -0.1) is 0 Å². The molecule has 37 heavy (non-hydrogen) atoms. The SMILES string of the molecule is COc1cc(C(=O)N2CC3C[C@H](OC)C2C3N)cc2nc(-c3cc4cccnc4n3CC3CC3)n(C)c12. The number of carbonyl (C=O) groups is 1. The van der Waals surface area contributed by atoms with Crippen LogP contribution in [0.4, 0.5) is 0 Å². The Kier molecular flexibility index (Phi) is 5.10. The van der Waals surface area contributed by atoms with Crippen LogP contribution in [-0.4, -0.2) is 68.9 Å². The fourth-order valence-electron chi connectivity index (χ4n) is 6.55. The molecule has 1 aliphatic heterocycles. The highest BCUT2D eigenvalue weighted by Gasteiger charge is 2.53. The molecule has 7 rings (SSSR count). The standard InChI is InChI=1S/C28H32N6O3/c1-32-24-19(31-27(32)20-10-16-5-4-8-30-26(16)33(20)13-15-6-7-15)9-17(11-21(24)36-2)28(35)34-14-18-12-22(37-3)25(34)23(18)29/h4-5,8-11,15,18,22-23,25H,6-7,12-14,29H2,1-3H3/t18?,22-,23?,25?/m0/s1. The number of aromatic nitrogens is 4. The average Bonchev–Trinajstić information content (AvgIpc) is 3.34. The van der Waals surface area contributed by atoms with Crippen molar-refractivity contribution in [2.75, 3.05) is 20.8 Å². The molecule has 0 spiro atoms. The Morgan fingerprint density at radius 1 is 1.22 bits per heavy atom. The zero-order chi connectivity index (χ0) is 25.4. The number of fused-ring (bicyclic) bond motifs is 4. The van der Waals surface area contributed by atoms with Gasteiger partial charge in [-0.05, 0) is 61.4 Å². The molecule has 0 radical (unpaired) electrons. The molecule has 4 aromatic rings. The maximum Gasteiger partial charge on any atom is 0.254 e. The quantitative estimate of drug-likeness (QED) is 0.436. The second-order valence-electron chi connectivity index (χ2n) is 10.8. The number of likely N-dealkylation sites (tertiary alicyclic amines) is 1. The molecule has 3 fully saturated rings. The van der Waals surface area contributed by atoms with Crippen LogP contribution >= 0.6 is 0 Å². The first-order chi connectivity index (χ1) is 18.0. The van der Waals surface area contributed by atoms with Gasteiger partial charge in [0, 0.05) is 50.4 Å². The number of hydrogen-bond acceptors (Lipinski definition) is 6. The van der Waals surface area contributed by atoms with Gasteiger partial charge in [-0.1, -0.05) is 0 Å². The van der Waals surface area contributed by atoms with Gasteiger partial charge in [0.25, 0.3) is 5.91 Å². The molecule has 3 unspecified atom stereocenters. The van der Waals surface area contributed by atoms with Crippen molar-refractivity contribution < 1.29 is 14.3 Å². The number of ether oxygens (including phenoxy) is 2. The lowest BCUT2D eigenvalue weighted by Crippen LogP contribution is -2.48. The summed E-state index contributed by atoms with van der Waals surface area (Å²) in [6.07, 6.45) is 5.23. The number of imidazole rings is 1. The Balaban J connectivity index is 1.33. The number of nitrogens with two attached hydrogens (primary N) is 1.